The van der Waals surface area contributed by atoms with Crippen molar-refractivity contribution in [3.05, 3.63) is 113 Å². The summed E-state index contributed by atoms with van der Waals surface area (Å²) in [7, 11) is 3.57. The highest BCUT2D eigenvalue weighted by atomic mass is 16.5. The first kappa shape index (κ1) is 25.1. The second-order valence-corrected chi connectivity index (χ2v) is 9.46. The third-order valence-electron chi connectivity index (χ3n) is 7.03. The Morgan fingerprint density at radius 2 is 1.63 bits per heavy atom. The lowest BCUT2D eigenvalue weighted by Crippen LogP contribution is -2.49. The van der Waals surface area contributed by atoms with Crippen molar-refractivity contribution in [3.63, 3.8) is 0 Å². The summed E-state index contributed by atoms with van der Waals surface area (Å²) in [5, 5.41) is 0.551. The zero-order chi connectivity index (χ0) is 26.7. The lowest BCUT2D eigenvalue weighted by atomic mass is 9.97. The second-order valence-electron chi connectivity index (χ2n) is 9.46. The molecule has 1 amide bonds. The third-order valence-corrected chi connectivity index (χ3v) is 7.03. The topological polar surface area (TPSA) is 72.0 Å². The van der Waals surface area contributed by atoms with E-state index in [1.807, 2.05) is 105 Å². The molecule has 1 unspecified atom stereocenters. The normalized spacial score (nSPS) is 12.7. The number of benzene rings is 3. The molecule has 1 atom stereocenters. The predicted molar refractivity (Wildman–Crippen MR) is 153 cm³/mol. The molecule has 0 aliphatic rings. The number of H-pyrrole nitrogens is 1. The van der Waals surface area contributed by atoms with Crippen molar-refractivity contribution >= 4 is 22.5 Å². The molecule has 2 aromatic heterocycles. The molecule has 0 aliphatic heterocycles. The van der Waals surface area contributed by atoms with E-state index in [9.17, 15) is 9.59 Å². The first-order valence-corrected chi connectivity index (χ1v) is 12.6. The number of rotatable bonds is 7. The number of nitrogens with one attached hydrogen (secondary N) is 1. The monoisotopic (exact) mass is 504 g/mol. The molecule has 6 heteroatoms. The van der Waals surface area contributed by atoms with Crippen LogP contribution in [0.4, 0.5) is 5.69 Å². The number of quaternary nitrogens is 1. The van der Waals surface area contributed by atoms with Gasteiger partial charge in [-0.1, -0.05) is 73.7 Å². The average Bonchev–Trinajstić information content (AvgIpc) is 2.97. The second kappa shape index (κ2) is 10.4. The molecule has 1 N–H and O–H groups in total. The summed E-state index contributed by atoms with van der Waals surface area (Å²) < 4.78 is 5.70. The Balaban J connectivity index is 1.58. The van der Waals surface area contributed by atoms with Gasteiger partial charge in [0, 0.05) is 29.0 Å². The van der Waals surface area contributed by atoms with Crippen molar-refractivity contribution < 1.29 is 9.53 Å². The standard InChI is InChI=1S/C32H29N3O3/c1-4-30(36)35(2,28-12-8-9-13-29(28)38-3)21-22-14-16-24(17-15-22)31-25(23-10-6-5-7-11-23)20-26-27(34-31)18-19-33-32(26)37/h5-20H,4,21H2,1-3H3/p+1. The molecule has 38 heavy (non-hydrogen) atoms. The number of fused-ring (bicyclic) bond motifs is 1. The third kappa shape index (κ3) is 4.62. The molecule has 190 valence electrons. The Bertz CT molecular complexity index is 1660. The molecular formula is C32H30N3O3+. The Labute approximate surface area is 221 Å². The molecule has 0 saturated heterocycles. The smallest absolute Gasteiger partial charge is 0.318 e. The molecule has 5 rings (SSSR count). The van der Waals surface area contributed by atoms with E-state index < -0.39 is 0 Å². The van der Waals surface area contributed by atoms with Crippen LogP contribution in [0.5, 0.6) is 5.75 Å². The Morgan fingerprint density at radius 3 is 2.34 bits per heavy atom. The number of aromatic nitrogens is 2. The lowest BCUT2D eigenvalue weighted by molar-refractivity contribution is -0.129. The fourth-order valence-electron chi connectivity index (χ4n) is 5.00. The Kier molecular flexibility index (Phi) is 6.90. The number of pyridine rings is 2. The van der Waals surface area contributed by atoms with Crippen LogP contribution in [-0.4, -0.2) is 30.0 Å². The van der Waals surface area contributed by atoms with Crippen LogP contribution in [-0.2, 0) is 11.3 Å². The number of carbonyl (C=O) groups excluding carboxylic acids is 1. The highest BCUT2D eigenvalue weighted by molar-refractivity contribution is 5.91. The van der Waals surface area contributed by atoms with Crippen LogP contribution < -0.4 is 14.8 Å². The van der Waals surface area contributed by atoms with E-state index in [2.05, 4.69) is 4.98 Å². The van der Waals surface area contributed by atoms with Crippen LogP contribution in [0.2, 0.25) is 0 Å². The van der Waals surface area contributed by atoms with Crippen molar-refractivity contribution in [1.82, 2.24) is 14.5 Å². The van der Waals surface area contributed by atoms with Gasteiger partial charge >= 0.3 is 5.91 Å². The molecule has 0 spiro atoms. The van der Waals surface area contributed by atoms with Gasteiger partial charge in [-0.3, -0.25) is 4.79 Å². The van der Waals surface area contributed by atoms with Crippen LogP contribution in [0.15, 0.2) is 102 Å². The van der Waals surface area contributed by atoms with Crippen LogP contribution in [0, 0.1) is 0 Å². The molecule has 2 heterocycles. The molecule has 5 aromatic rings. The van der Waals surface area contributed by atoms with Crippen LogP contribution in [0.1, 0.15) is 18.9 Å². The van der Waals surface area contributed by atoms with Crippen LogP contribution in [0.3, 0.4) is 0 Å². The molecule has 3 aromatic carbocycles. The predicted octanol–water partition coefficient (Wildman–Crippen LogP) is 6.34. The number of methoxy groups -OCH3 is 1. The van der Waals surface area contributed by atoms with Crippen molar-refractivity contribution in [2.24, 2.45) is 0 Å². The van der Waals surface area contributed by atoms with E-state index in [1.165, 1.54) is 0 Å². The maximum absolute atomic E-state index is 13.2. The van der Waals surface area contributed by atoms with E-state index in [0.29, 0.717) is 29.6 Å². The summed E-state index contributed by atoms with van der Waals surface area (Å²) in [4.78, 5) is 33.4. The molecule has 0 fully saturated rings. The molecule has 0 bridgehead atoms. The zero-order valence-corrected chi connectivity index (χ0v) is 21.8. The number of aromatic amines is 1. The minimum Gasteiger partial charge on any atom is -0.491 e. The summed E-state index contributed by atoms with van der Waals surface area (Å²) in [5.74, 6) is 0.794. The van der Waals surface area contributed by atoms with Gasteiger partial charge in [-0.2, -0.15) is 0 Å². The maximum Gasteiger partial charge on any atom is 0.318 e. The summed E-state index contributed by atoms with van der Waals surface area (Å²) in [5.41, 5.74) is 5.93. The fourth-order valence-corrected chi connectivity index (χ4v) is 5.00. The molecule has 0 saturated carbocycles. The number of amides is 1. The average molecular weight is 505 g/mol. The summed E-state index contributed by atoms with van der Waals surface area (Å²) in [6, 6.07) is 29.5. The van der Waals surface area contributed by atoms with Gasteiger partial charge in [-0.05, 0) is 23.8 Å². The minimum atomic E-state index is -0.164. The molecule has 0 aliphatic carbocycles. The van der Waals surface area contributed by atoms with E-state index in [4.69, 9.17) is 9.72 Å². The first-order chi connectivity index (χ1) is 18.4. The Morgan fingerprint density at radius 1 is 0.921 bits per heavy atom. The van der Waals surface area contributed by atoms with Gasteiger partial charge in [-0.25, -0.2) is 14.3 Å². The maximum atomic E-state index is 13.2. The molecule has 0 radical (unpaired) electrons. The molecule has 6 nitrogen and oxygen atoms in total. The van der Waals surface area contributed by atoms with Gasteiger partial charge in [-0.15, -0.1) is 0 Å². The van der Waals surface area contributed by atoms with Crippen LogP contribution >= 0.6 is 0 Å². The van der Waals surface area contributed by atoms with Crippen molar-refractivity contribution in [1.29, 1.82) is 0 Å². The number of para-hydroxylation sites is 2. The lowest BCUT2D eigenvalue weighted by Gasteiger charge is -2.32. The zero-order valence-electron chi connectivity index (χ0n) is 21.8. The first-order valence-electron chi connectivity index (χ1n) is 12.6. The van der Waals surface area contributed by atoms with Gasteiger partial charge in [0.25, 0.3) is 5.56 Å². The van der Waals surface area contributed by atoms with E-state index in [1.54, 1.807) is 13.3 Å². The van der Waals surface area contributed by atoms with Crippen molar-refractivity contribution in [2.75, 3.05) is 14.2 Å². The largest absolute Gasteiger partial charge is 0.491 e. The fraction of sp³-hybridized carbons (Fsp3) is 0.156. The highest BCUT2D eigenvalue weighted by Gasteiger charge is 2.36. The van der Waals surface area contributed by atoms with E-state index in [-0.39, 0.29) is 15.9 Å². The number of hydrogen-bond donors (Lipinski definition) is 1. The summed E-state index contributed by atoms with van der Waals surface area (Å²) >= 11 is 0. The van der Waals surface area contributed by atoms with Gasteiger partial charge in [0.15, 0.2) is 11.4 Å². The van der Waals surface area contributed by atoms with Crippen molar-refractivity contribution in [2.45, 2.75) is 19.9 Å². The molecular weight excluding hydrogens is 474 g/mol. The number of hydrogen-bond acceptors (Lipinski definition) is 4. The van der Waals surface area contributed by atoms with E-state index >= 15 is 0 Å². The van der Waals surface area contributed by atoms with E-state index in [0.717, 1.165) is 33.6 Å². The van der Waals surface area contributed by atoms with Gasteiger partial charge in [0.2, 0.25) is 0 Å². The number of ether oxygens (including phenoxy) is 1. The van der Waals surface area contributed by atoms with Gasteiger partial charge in [0.05, 0.1) is 37.2 Å². The van der Waals surface area contributed by atoms with Crippen molar-refractivity contribution in [3.8, 4) is 28.1 Å². The number of nitrogens with zero attached hydrogens (tertiary/aromatic N) is 2. The van der Waals surface area contributed by atoms with Gasteiger partial charge < -0.3 is 9.72 Å². The highest BCUT2D eigenvalue weighted by Crippen LogP contribution is 2.36. The van der Waals surface area contributed by atoms with Gasteiger partial charge in [0.1, 0.15) is 6.54 Å². The summed E-state index contributed by atoms with van der Waals surface area (Å²) in [6.07, 6.45) is 2.03. The quantitative estimate of drug-likeness (QED) is 0.263. The SMILES string of the molecule is CCC(=O)[N+](C)(Cc1ccc(-c2nc3cc[nH]c(=O)c3cc2-c2ccccc2)cc1)c1ccccc1OC. The van der Waals surface area contributed by atoms with Crippen LogP contribution in [0.25, 0.3) is 33.3 Å². The Hall–Kier alpha value is -4.55. The summed E-state index contributed by atoms with van der Waals surface area (Å²) in [6.45, 7) is 2.37. The number of carbonyl (C=O) groups is 1. The minimum absolute atomic E-state index is 0.103.